The summed E-state index contributed by atoms with van der Waals surface area (Å²) < 4.78 is 34.2. The van der Waals surface area contributed by atoms with E-state index in [1.165, 1.54) is 127 Å². The first-order chi connectivity index (χ1) is 19.1. The Morgan fingerprint density at radius 2 is 0.718 bits per heavy atom. The SMILES string of the molecule is CCCCCCCCCCCC(OC(CCCCCCCCCCC)c1ccc(F)cc1)c1ccc(F)cc1. The minimum Gasteiger partial charge on any atom is -0.366 e. The van der Waals surface area contributed by atoms with Gasteiger partial charge in [-0.1, -0.05) is 154 Å². The van der Waals surface area contributed by atoms with Gasteiger partial charge in [-0.3, -0.25) is 0 Å². The quantitative estimate of drug-likeness (QED) is 0.120. The van der Waals surface area contributed by atoms with Gasteiger partial charge in [-0.25, -0.2) is 8.78 Å². The molecule has 2 aromatic rings. The van der Waals surface area contributed by atoms with Gasteiger partial charge in [-0.15, -0.1) is 0 Å². The van der Waals surface area contributed by atoms with E-state index in [9.17, 15) is 8.78 Å². The summed E-state index contributed by atoms with van der Waals surface area (Å²) in [5.74, 6) is -0.435. The monoisotopic (exact) mass is 542 g/mol. The normalized spacial score (nSPS) is 13.0. The van der Waals surface area contributed by atoms with Crippen molar-refractivity contribution in [3.8, 4) is 0 Å². The Hall–Kier alpha value is -1.74. The maximum absolute atomic E-state index is 13.7. The molecule has 220 valence electrons. The van der Waals surface area contributed by atoms with Crippen LogP contribution in [0.3, 0.4) is 0 Å². The van der Waals surface area contributed by atoms with Gasteiger partial charge in [0.2, 0.25) is 0 Å². The first-order valence-corrected chi connectivity index (χ1v) is 16.3. The summed E-state index contributed by atoms with van der Waals surface area (Å²) in [5.41, 5.74) is 2.07. The zero-order valence-electron chi connectivity index (χ0n) is 25.1. The molecule has 0 saturated carbocycles. The fraction of sp³-hybridized carbons (Fsp3) is 0.667. The topological polar surface area (TPSA) is 9.23 Å². The number of benzene rings is 2. The van der Waals surface area contributed by atoms with Crippen LogP contribution in [0.4, 0.5) is 8.78 Å². The Kier molecular flexibility index (Phi) is 18.9. The largest absolute Gasteiger partial charge is 0.366 e. The average molecular weight is 543 g/mol. The number of rotatable bonds is 24. The van der Waals surface area contributed by atoms with Gasteiger partial charge in [0.15, 0.2) is 0 Å². The van der Waals surface area contributed by atoms with Gasteiger partial charge in [0.25, 0.3) is 0 Å². The number of hydrogen-bond acceptors (Lipinski definition) is 1. The zero-order valence-corrected chi connectivity index (χ0v) is 25.1. The van der Waals surface area contributed by atoms with Crippen LogP contribution >= 0.6 is 0 Å². The third kappa shape index (κ3) is 15.6. The molecule has 0 heterocycles. The molecule has 0 saturated heterocycles. The van der Waals surface area contributed by atoms with Crippen molar-refractivity contribution in [2.45, 2.75) is 154 Å². The third-order valence-electron chi connectivity index (χ3n) is 7.95. The van der Waals surface area contributed by atoms with E-state index in [0.717, 1.165) is 36.8 Å². The lowest BCUT2D eigenvalue weighted by Crippen LogP contribution is -2.12. The number of hydrogen-bond donors (Lipinski definition) is 0. The van der Waals surface area contributed by atoms with Gasteiger partial charge >= 0.3 is 0 Å². The Balaban J connectivity index is 1.91. The number of unbranched alkanes of at least 4 members (excludes halogenated alkanes) is 16. The van der Waals surface area contributed by atoms with Gasteiger partial charge in [0.1, 0.15) is 11.6 Å². The maximum Gasteiger partial charge on any atom is 0.123 e. The Morgan fingerprint density at radius 1 is 0.436 bits per heavy atom. The predicted molar refractivity (Wildman–Crippen MR) is 163 cm³/mol. The van der Waals surface area contributed by atoms with Crippen molar-refractivity contribution in [3.63, 3.8) is 0 Å². The van der Waals surface area contributed by atoms with Crippen LogP contribution in [0.15, 0.2) is 48.5 Å². The van der Waals surface area contributed by atoms with E-state index >= 15 is 0 Å². The molecule has 3 heteroatoms. The van der Waals surface area contributed by atoms with Crippen molar-refractivity contribution >= 4 is 0 Å². The highest BCUT2D eigenvalue weighted by Gasteiger charge is 2.20. The summed E-state index contributed by atoms with van der Waals surface area (Å²) in [6, 6.07) is 13.6. The molecule has 0 N–H and O–H groups in total. The molecule has 2 unspecified atom stereocenters. The van der Waals surface area contributed by atoms with Gasteiger partial charge in [0, 0.05) is 0 Å². The van der Waals surface area contributed by atoms with Crippen LogP contribution in [0.2, 0.25) is 0 Å². The van der Waals surface area contributed by atoms with Crippen LogP contribution in [0.25, 0.3) is 0 Å². The van der Waals surface area contributed by atoms with E-state index in [4.69, 9.17) is 4.74 Å². The molecule has 0 aliphatic heterocycles. The van der Waals surface area contributed by atoms with E-state index in [1.54, 1.807) is 0 Å². The van der Waals surface area contributed by atoms with Gasteiger partial charge in [-0.2, -0.15) is 0 Å². The fourth-order valence-corrected chi connectivity index (χ4v) is 5.46. The molecule has 2 rings (SSSR count). The molecule has 2 aromatic carbocycles. The predicted octanol–water partition coefficient (Wildman–Crippen LogP) is 12.6. The summed E-state index contributed by atoms with van der Waals surface area (Å²) in [4.78, 5) is 0. The van der Waals surface area contributed by atoms with Crippen molar-refractivity contribution in [1.82, 2.24) is 0 Å². The van der Waals surface area contributed by atoms with Crippen LogP contribution in [0.5, 0.6) is 0 Å². The lowest BCUT2D eigenvalue weighted by Gasteiger charge is -2.26. The van der Waals surface area contributed by atoms with Gasteiger partial charge in [0.05, 0.1) is 12.2 Å². The molecule has 0 radical (unpaired) electrons. The summed E-state index contributed by atoms with van der Waals surface area (Å²) in [6.45, 7) is 4.52. The van der Waals surface area contributed by atoms with Crippen LogP contribution in [0, 0.1) is 11.6 Å². The van der Waals surface area contributed by atoms with Crippen LogP contribution in [0.1, 0.15) is 166 Å². The summed E-state index contributed by atoms with van der Waals surface area (Å²) in [6.07, 6.45) is 24.9. The van der Waals surface area contributed by atoms with Crippen LogP contribution in [-0.4, -0.2) is 0 Å². The second-order valence-electron chi connectivity index (χ2n) is 11.5. The van der Waals surface area contributed by atoms with E-state index in [-0.39, 0.29) is 23.8 Å². The Labute approximate surface area is 239 Å². The minimum atomic E-state index is -0.217. The van der Waals surface area contributed by atoms with Gasteiger partial charge in [-0.05, 0) is 48.2 Å². The zero-order chi connectivity index (χ0) is 28.0. The molecular formula is C36H56F2O. The molecule has 0 aliphatic rings. The maximum atomic E-state index is 13.7. The smallest absolute Gasteiger partial charge is 0.123 e. The minimum absolute atomic E-state index is 0.0798. The van der Waals surface area contributed by atoms with E-state index in [1.807, 2.05) is 24.3 Å². The van der Waals surface area contributed by atoms with Crippen molar-refractivity contribution in [2.24, 2.45) is 0 Å². The summed E-state index contributed by atoms with van der Waals surface area (Å²) in [5, 5.41) is 0. The molecule has 1 nitrogen and oxygen atoms in total. The van der Waals surface area contributed by atoms with Crippen molar-refractivity contribution in [2.75, 3.05) is 0 Å². The highest BCUT2D eigenvalue weighted by atomic mass is 19.1. The van der Waals surface area contributed by atoms with E-state index in [0.29, 0.717) is 0 Å². The molecule has 0 aromatic heterocycles. The van der Waals surface area contributed by atoms with Crippen molar-refractivity contribution < 1.29 is 13.5 Å². The molecule has 2 atom stereocenters. The molecule has 0 bridgehead atoms. The van der Waals surface area contributed by atoms with E-state index in [2.05, 4.69) is 13.8 Å². The van der Waals surface area contributed by atoms with Crippen LogP contribution in [-0.2, 0) is 4.74 Å². The lowest BCUT2D eigenvalue weighted by molar-refractivity contribution is -0.0264. The van der Waals surface area contributed by atoms with Gasteiger partial charge < -0.3 is 4.74 Å². The average Bonchev–Trinajstić information content (AvgIpc) is 2.95. The first-order valence-electron chi connectivity index (χ1n) is 16.3. The third-order valence-corrected chi connectivity index (χ3v) is 7.95. The molecule has 0 fully saturated rings. The molecule has 39 heavy (non-hydrogen) atoms. The fourth-order valence-electron chi connectivity index (χ4n) is 5.46. The molecule has 0 amide bonds. The van der Waals surface area contributed by atoms with E-state index < -0.39 is 0 Å². The standard InChI is InChI=1S/C36H56F2O/c1-3-5-7-9-11-13-15-17-19-21-35(31-23-27-33(37)28-24-31)39-36(32-25-29-34(38)30-26-32)22-20-18-16-14-12-10-8-6-4-2/h23-30,35-36H,3-22H2,1-2H3. The summed E-state index contributed by atoms with van der Waals surface area (Å²) >= 11 is 0. The first kappa shape index (κ1) is 33.5. The number of ether oxygens (including phenoxy) is 1. The Bertz CT molecular complexity index is 747. The van der Waals surface area contributed by atoms with Crippen LogP contribution < -0.4 is 0 Å². The summed E-state index contributed by atoms with van der Waals surface area (Å²) in [7, 11) is 0. The molecular weight excluding hydrogens is 486 g/mol. The lowest BCUT2D eigenvalue weighted by atomic mass is 9.98. The van der Waals surface area contributed by atoms with Crippen molar-refractivity contribution in [1.29, 1.82) is 0 Å². The second-order valence-corrected chi connectivity index (χ2v) is 11.5. The van der Waals surface area contributed by atoms with Crippen molar-refractivity contribution in [3.05, 3.63) is 71.3 Å². The second kappa shape index (κ2) is 22.0. The Morgan fingerprint density at radius 3 is 1.03 bits per heavy atom. The number of halogens is 2. The molecule has 0 aliphatic carbocycles. The highest BCUT2D eigenvalue weighted by Crippen LogP contribution is 2.34. The highest BCUT2D eigenvalue weighted by molar-refractivity contribution is 5.21. The molecule has 0 spiro atoms.